The third-order valence-electron chi connectivity index (χ3n) is 5.53. The quantitative estimate of drug-likeness (QED) is 0.628. The Morgan fingerprint density at radius 3 is 2.67 bits per heavy atom. The highest BCUT2D eigenvalue weighted by Crippen LogP contribution is 2.36. The fraction of sp³-hybridized carbons (Fsp3) is 0.522. The third kappa shape index (κ3) is 5.58. The summed E-state index contributed by atoms with van der Waals surface area (Å²) >= 11 is 0. The summed E-state index contributed by atoms with van der Waals surface area (Å²) in [6, 6.07) is 5.10. The Hall–Kier alpha value is -2.44. The van der Waals surface area contributed by atoms with Crippen molar-refractivity contribution in [3.8, 4) is 5.75 Å². The zero-order valence-electron chi connectivity index (χ0n) is 17.5. The number of ether oxygens (including phenoxy) is 1. The average molecular weight is 422 g/mol. The van der Waals surface area contributed by atoms with Crippen LogP contribution in [-0.4, -0.2) is 36.7 Å². The molecule has 7 heteroatoms. The van der Waals surface area contributed by atoms with E-state index in [0.717, 1.165) is 18.4 Å². The molecule has 2 N–H and O–H groups in total. The summed E-state index contributed by atoms with van der Waals surface area (Å²) in [6.45, 7) is 5.80. The minimum absolute atomic E-state index is 0.0323. The number of rotatable bonds is 6. The maximum atomic E-state index is 13.1. The molecule has 1 aliphatic carbocycles. The van der Waals surface area contributed by atoms with Gasteiger partial charge in [-0.1, -0.05) is 31.6 Å². The number of alkyl halides is 3. The summed E-state index contributed by atoms with van der Waals surface area (Å²) in [4.78, 5) is 14.9. The van der Waals surface area contributed by atoms with E-state index >= 15 is 0 Å². The Balaban J connectivity index is 1.63. The normalized spacial score (nSPS) is 19.7. The van der Waals surface area contributed by atoms with Gasteiger partial charge in [0.05, 0.1) is 12.2 Å². The van der Waals surface area contributed by atoms with Crippen LogP contribution in [0.15, 0.2) is 41.5 Å². The van der Waals surface area contributed by atoms with Crippen LogP contribution in [0.3, 0.4) is 0 Å². The minimum Gasteiger partial charge on any atom is -0.492 e. The second kappa shape index (κ2) is 9.14. The van der Waals surface area contributed by atoms with Crippen LogP contribution in [0.1, 0.15) is 49.9 Å². The molecule has 1 amide bonds. The van der Waals surface area contributed by atoms with Crippen LogP contribution >= 0.6 is 0 Å². The van der Waals surface area contributed by atoms with Crippen LogP contribution in [0.5, 0.6) is 5.75 Å². The van der Waals surface area contributed by atoms with E-state index in [0.29, 0.717) is 49.0 Å². The maximum absolute atomic E-state index is 13.1. The highest BCUT2D eigenvalue weighted by atomic mass is 19.4. The Labute approximate surface area is 175 Å². The van der Waals surface area contributed by atoms with Gasteiger partial charge in [0, 0.05) is 24.4 Å². The molecule has 0 spiro atoms. The SMILES string of the molecule is CC(C)COc1ccc(N)cc1C(=O)N1CCC(CC2=CC=C(C(F)(F)F)CC2)C1. The summed E-state index contributed by atoms with van der Waals surface area (Å²) in [5, 5.41) is 0. The van der Waals surface area contributed by atoms with E-state index in [1.807, 2.05) is 13.8 Å². The maximum Gasteiger partial charge on any atom is 0.412 e. The summed E-state index contributed by atoms with van der Waals surface area (Å²) in [7, 11) is 0. The molecular formula is C23H29F3N2O2. The Kier molecular flexibility index (Phi) is 6.78. The fourth-order valence-corrected chi connectivity index (χ4v) is 3.91. The van der Waals surface area contributed by atoms with Crippen molar-refractivity contribution in [1.29, 1.82) is 0 Å². The molecule has 1 fully saturated rings. The molecule has 2 aliphatic rings. The second-order valence-corrected chi connectivity index (χ2v) is 8.59. The number of amides is 1. The van der Waals surface area contributed by atoms with Crippen molar-refractivity contribution in [2.45, 2.75) is 45.7 Å². The number of likely N-dealkylation sites (tertiary alicyclic amines) is 1. The van der Waals surface area contributed by atoms with Gasteiger partial charge in [0.2, 0.25) is 0 Å². The van der Waals surface area contributed by atoms with Crippen molar-refractivity contribution in [2.75, 3.05) is 25.4 Å². The van der Waals surface area contributed by atoms with E-state index in [1.165, 1.54) is 6.08 Å². The molecule has 1 aromatic rings. The highest BCUT2D eigenvalue weighted by molar-refractivity contribution is 5.98. The smallest absolute Gasteiger partial charge is 0.412 e. The zero-order valence-corrected chi connectivity index (χ0v) is 17.5. The van der Waals surface area contributed by atoms with Crippen molar-refractivity contribution >= 4 is 11.6 Å². The number of benzene rings is 1. The lowest BCUT2D eigenvalue weighted by atomic mass is 9.90. The van der Waals surface area contributed by atoms with Crippen molar-refractivity contribution in [3.63, 3.8) is 0 Å². The van der Waals surface area contributed by atoms with E-state index in [9.17, 15) is 18.0 Å². The number of anilines is 1. The van der Waals surface area contributed by atoms with E-state index in [-0.39, 0.29) is 18.2 Å². The fourth-order valence-electron chi connectivity index (χ4n) is 3.91. The molecule has 3 rings (SSSR count). The van der Waals surface area contributed by atoms with Crippen LogP contribution in [0.2, 0.25) is 0 Å². The van der Waals surface area contributed by atoms with Gasteiger partial charge in [-0.25, -0.2) is 0 Å². The van der Waals surface area contributed by atoms with Gasteiger partial charge in [0.15, 0.2) is 0 Å². The predicted octanol–water partition coefficient (Wildman–Crippen LogP) is 5.36. The molecule has 1 saturated heterocycles. The first-order chi connectivity index (χ1) is 14.1. The Morgan fingerprint density at radius 1 is 1.27 bits per heavy atom. The van der Waals surface area contributed by atoms with E-state index < -0.39 is 11.7 Å². The number of halogens is 3. The van der Waals surface area contributed by atoms with E-state index in [4.69, 9.17) is 10.5 Å². The van der Waals surface area contributed by atoms with Gasteiger partial charge < -0.3 is 15.4 Å². The lowest BCUT2D eigenvalue weighted by Gasteiger charge is -2.21. The number of allylic oxidation sites excluding steroid dienone is 4. The number of carbonyl (C=O) groups excluding carboxylic acids is 1. The number of hydrogen-bond donors (Lipinski definition) is 1. The molecule has 1 atom stereocenters. The topological polar surface area (TPSA) is 55.6 Å². The van der Waals surface area contributed by atoms with Gasteiger partial charge in [0.25, 0.3) is 5.91 Å². The third-order valence-corrected chi connectivity index (χ3v) is 5.53. The van der Waals surface area contributed by atoms with Crippen LogP contribution in [0, 0.1) is 11.8 Å². The first-order valence-corrected chi connectivity index (χ1v) is 10.4. The van der Waals surface area contributed by atoms with Gasteiger partial charge in [-0.3, -0.25) is 4.79 Å². The molecule has 1 unspecified atom stereocenters. The molecule has 1 aromatic carbocycles. The van der Waals surface area contributed by atoms with E-state index in [1.54, 1.807) is 29.2 Å². The molecule has 0 bridgehead atoms. The largest absolute Gasteiger partial charge is 0.492 e. The molecular weight excluding hydrogens is 393 g/mol. The van der Waals surface area contributed by atoms with Crippen LogP contribution in [0.4, 0.5) is 18.9 Å². The number of nitrogen functional groups attached to an aromatic ring is 1. The van der Waals surface area contributed by atoms with E-state index in [2.05, 4.69) is 0 Å². The molecule has 0 radical (unpaired) electrons. The van der Waals surface area contributed by atoms with Gasteiger partial charge in [-0.15, -0.1) is 0 Å². The molecule has 4 nitrogen and oxygen atoms in total. The summed E-state index contributed by atoms with van der Waals surface area (Å²) < 4.78 is 44.1. The van der Waals surface area contributed by atoms with Crippen molar-refractivity contribution in [3.05, 3.63) is 47.1 Å². The van der Waals surface area contributed by atoms with Gasteiger partial charge in [0.1, 0.15) is 5.75 Å². The average Bonchev–Trinajstić information content (AvgIpc) is 3.14. The highest BCUT2D eigenvalue weighted by Gasteiger charge is 2.34. The molecule has 1 heterocycles. The van der Waals surface area contributed by atoms with Gasteiger partial charge >= 0.3 is 6.18 Å². The van der Waals surface area contributed by atoms with Crippen LogP contribution < -0.4 is 10.5 Å². The summed E-state index contributed by atoms with van der Waals surface area (Å²) in [5.74, 6) is 1.01. The zero-order chi connectivity index (χ0) is 21.9. The number of hydrogen-bond acceptors (Lipinski definition) is 3. The number of nitrogens with two attached hydrogens (primary N) is 1. The van der Waals surface area contributed by atoms with Crippen molar-refractivity contribution in [1.82, 2.24) is 4.90 Å². The second-order valence-electron chi connectivity index (χ2n) is 8.59. The first-order valence-electron chi connectivity index (χ1n) is 10.4. The molecule has 164 valence electrons. The monoisotopic (exact) mass is 422 g/mol. The van der Waals surface area contributed by atoms with Crippen LogP contribution in [-0.2, 0) is 0 Å². The number of nitrogens with zero attached hydrogens (tertiary/aromatic N) is 1. The standard InChI is InChI=1S/C23H29F3N2O2/c1-15(2)14-30-21-8-7-19(27)12-20(21)22(29)28-10-9-17(13-28)11-16-3-5-18(6-4-16)23(24,25)26/h3,5,7-8,12,15,17H,4,6,9-11,13-14,27H2,1-2H3. The van der Waals surface area contributed by atoms with Crippen molar-refractivity contribution < 1.29 is 22.7 Å². The van der Waals surface area contributed by atoms with Gasteiger partial charge in [-0.05, 0) is 55.7 Å². The lowest BCUT2D eigenvalue weighted by Crippen LogP contribution is -2.29. The summed E-state index contributed by atoms with van der Waals surface area (Å²) in [5.41, 5.74) is 7.42. The molecule has 30 heavy (non-hydrogen) atoms. The van der Waals surface area contributed by atoms with Crippen LogP contribution in [0.25, 0.3) is 0 Å². The predicted molar refractivity (Wildman–Crippen MR) is 111 cm³/mol. The number of carbonyl (C=O) groups is 1. The Morgan fingerprint density at radius 2 is 2.03 bits per heavy atom. The lowest BCUT2D eigenvalue weighted by molar-refractivity contribution is -0.0941. The van der Waals surface area contributed by atoms with Crippen molar-refractivity contribution in [2.24, 2.45) is 11.8 Å². The Bertz CT molecular complexity index is 843. The minimum atomic E-state index is -4.24. The first kappa shape index (κ1) is 22.2. The molecule has 1 aliphatic heterocycles. The molecule has 0 saturated carbocycles. The molecule has 0 aromatic heterocycles. The summed E-state index contributed by atoms with van der Waals surface area (Å²) in [6.07, 6.45) is 0.574. The van der Waals surface area contributed by atoms with Gasteiger partial charge in [-0.2, -0.15) is 13.2 Å².